The van der Waals surface area contributed by atoms with Gasteiger partial charge in [0.05, 0.1) is 0 Å². The molecule has 0 radical (unpaired) electrons. The predicted octanol–water partition coefficient (Wildman–Crippen LogP) is 3.46. The summed E-state index contributed by atoms with van der Waals surface area (Å²) in [6, 6.07) is 0. The van der Waals surface area contributed by atoms with Crippen LogP contribution in [0.5, 0.6) is 0 Å². The largest absolute Gasteiger partial charge is 0.303 e. The van der Waals surface area contributed by atoms with Crippen LogP contribution < -0.4 is 0 Å². The molecule has 82 valence electrons. The lowest BCUT2D eigenvalue weighted by Crippen LogP contribution is -2.25. The Bertz CT molecular complexity index is 174. The number of hydrogen-bond acceptors (Lipinski definition) is 1. The molecule has 0 aromatic carbocycles. The van der Waals surface area contributed by atoms with E-state index in [0.717, 1.165) is 5.92 Å². The van der Waals surface area contributed by atoms with Gasteiger partial charge in [0.1, 0.15) is 0 Å². The zero-order valence-electron chi connectivity index (χ0n) is 10.1. The molecule has 1 atom stereocenters. The number of nitrogens with zero attached hydrogens (tertiary/aromatic N) is 1. The van der Waals surface area contributed by atoms with E-state index < -0.39 is 0 Å². The standard InChI is InChI=1S/C13H25N/c1-12(2)7-6-8-13(3)11-14-9-4-5-10-14/h7,13H,4-6,8-11H2,1-3H3. The summed E-state index contributed by atoms with van der Waals surface area (Å²) in [4.78, 5) is 2.62. The number of likely N-dealkylation sites (tertiary alicyclic amines) is 1. The van der Waals surface area contributed by atoms with Crippen molar-refractivity contribution in [3.8, 4) is 0 Å². The zero-order chi connectivity index (χ0) is 10.4. The Labute approximate surface area is 89.2 Å². The SMILES string of the molecule is CC(C)=CCCC(C)CN1CCCC1. The van der Waals surface area contributed by atoms with Gasteiger partial charge < -0.3 is 4.90 Å². The number of rotatable bonds is 5. The van der Waals surface area contributed by atoms with Crippen molar-refractivity contribution >= 4 is 0 Å². The first kappa shape index (κ1) is 11.8. The molecule has 1 aliphatic rings. The predicted molar refractivity (Wildman–Crippen MR) is 63.5 cm³/mol. The van der Waals surface area contributed by atoms with Gasteiger partial charge in [0.2, 0.25) is 0 Å². The molecule has 1 heteroatoms. The van der Waals surface area contributed by atoms with Crippen molar-refractivity contribution in [2.75, 3.05) is 19.6 Å². The van der Waals surface area contributed by atoms with Crippen LogP contribution in [0.2, 0.25) is 0 Å². The molecular formula is C13H25N. The Morgan fingerprint density at radius 1 is 1.29 bits per heavy atom. The van der Waals surface area contributed by atoms with Gasteiger partial charge in [0, 0.05) is 6.54 Å². The van der Waals surface area contributed by atoms with Gasteiger partial charge in [-0.1, -0.05) is 18.6 Å². The molecule has 1 heterocycles. The number of allylic oxidation sites excluding steroid dienone is 2. The Morgan fingerprint density at radius 2 is 1.93 bits per heavy atom. The monoisotopic (exact) mass is 195 g/mol. The van der Waals surface area contributed by atoms with Crippen LogP contribution in [0, 0.1) is 5.92 Å². The van der Waals surface area contributed by atoms with Gasteiger partial charge in [-0.05, 0) is 58.5 Å². The van der Waals surface area contributed by atoms with Crippen LogP contribution in [0.3, 0.4) is 0 Å². The van der Waals surface area contributed by atoms with Crippen molar-refractivity contribution in [2.24, 2.45) is 5.92 Å². The van der Waals surface area contributed by atoms with Gasteiger partial charge in [-0.25, -0.2) is 0 Å². The van der Waals surface area contributed by atoms with Crippen LogP contribution in [0.4, 0.5) is 0 Å². The topological polar surface area (TPSA) is 3.24 Å². The van der Waals surface area contributed by atoms with Gasteiger partial charge in [-0.3, -0.25) is 0 Å². The van der Waals surface area contributed by atoms with Crippen LogP contribution in [0.15, 0.2) is 11.6 Å². The summed E-state index contributed by atoms with van der Waals surface area (Å²) in [6.07, 6.45) is 7.81. The molecule has 0 spiro atoms. The average Bonchev–Trinajstić information content (AvgIpc) is 2.56. The second kappa shape index (κ2) is 6.23. The van der Waals surface area contributed by atoms with Crippen molar-refractivity contribution in [3.63, 3.8) is 0 Å². The fourth-order valence-electron chi connectivity index (χ4n) is 2.15. The molecule has 1 unspecified atom stereocenters. The third kappa shape index (κ3) is 4.80. The molecule has 1 fully saturated rings. The molecule has 0 N–H and O–H groups in total. The van der Waals surface area contributed by atoms with Crippen molar-refractivity contribution in [1.82, 2.24) is 4.90 Å². The molecule has 1 nitrogen and oxygen atoms in total. The molecule has 14 heavy (non-hydrogen) atoms. The average molecular weight is 195 g/mol. The molecule has 0 amide bonds. The van der Waals surface area contributed by atoms with Crippen LogP contribution in [-0.4, -0.2) is 24.5 Å². The normalized spacial score (nSPS) is 19.6. The summed E-state index contributed by atoms with van der Waals surface area (Å²) in [5.74, 6) is 0.865. The van der Waals surface area contributed by atoms with Gasteiger partial charge in [-0.2, -0.15) is 0 Å². The maximum Gasteiger partial charge on any atom is 0.000713 e. The zero-order valence-corrected chi connectivity index (χ0v) is 10.1. The van der Waals surface area contributed by atoms with E-state index >= 15 is 0 Å². The third-order valence-electron chi connectivity index (χ3n) is 2.98. The highest BCUT2D eigenvalue weighted by molar-refractivity contribution is 4.92. The van der Waals surface area contributed by atoms with Crippen LogP contribution >= 0.6 is 0 Å². The van der Waals surface area contributed by atoms with Crippen LogP contribution in [0.1, 0.15) is 46.5 Å². The van der Waals surface area contributed by atoms with E-state index in [1.54, 1.807) is 0 Å². The minimum Gasteiger partial charge on any atom is -0.303 e. The van der Waals surface area contributed by atoms with Crippen LogP contribution in [-0.2, 0) is 0 Å². The maximum atomic E-state index is 2.62. The fraction of sp³-hybridized carbons (Fsp3) is 0.846. The van der Waals surface area contributed by atoms with Crippen molar-refractivity contribution in [3.05, 3.63) is 11.6 Å². The summed E-state index contributed by atoms with van der Waals surface area (Å²) in [5, 5.41) is 0. The van der Waals surface area contributed by atoms with E-state index in [-0.39, 0.29) is 0 Å². The summed E-state index contributed by atoms with van der Waals surface area (Å²) in [5.41, 5.74) is 1.46. The van der Waals surface area contributed by atoms with E-state index in [2.05, 4.69) is 31.7 Å². The summed E-state index contributed by atoms with van der Waals surface area (Å²) >= 11 is 0. The summed E-state index contributed by atoms with van der Waals surface area (Å²) in [6.45, 7) is 10.8. The molecular weight excluding hydrogens is 170 g/mol. The van der Waals surface area contributed by atoms with Crippen molar-refractivity contribution in [2.45, 2.75) is 46.5 Å². The van der Waals surface area contributed by atoms with E-state index in [0.29, 0.717) is 0 Å². The van der Waals surface area contributed by atoms with E-state index in [9.17, 15) is 0 Å². The van der Waals surface area contributed by atoms with E-state index in [4.69, 9.17) is 0 Å². The highest BCUT2D eigenvalue weighted by Gasteiger charge is 2.13. The highest BCUT2D eigenvalue weighted by Crippen LogP contribution is 2.14. The van der Waals surface area contributed by atoms with Crippen molar-refractivity contribution in [1.29, 1.82) is 0 Å². The Kier molecular flexibility index (Phi) is 5.24. The molecule has 0 aromatic heterocycles. The van der Waals surface area contributed by atoms with Crippen LogP contribution in [0.25, 0.3) is 0 Å². The van der Waals surface area contributed by atoms with E-state index in [1.807, 2.05) is 0 Å². The molecule has 1 saturated heterocycles. The van der Waals surface area contributed by atoms with Gasteiger partial charge in [-0.15, -0.1) is 0 Å². The van der Waals surface area contributed by atoms with Gasteiger partial charge >= 0.3 is 0 Å². The maximum absolute atomic E-state index is 2.62. The van der Waals surface area contributed by atoms with E-state index in [1.165, 1.54) is 50.9 Å². The molecule has 0 aliphatic carbocycles. The molecule has 0 aromatic rings. The first-order valence-corrected chi connectivity index (χ1v) is 6.04. The summed E-state index contributed by atoms with van der Waals surface area (Å²) in [7, 11) is 0. The molecule has 0 bridgehead atoms. The Balaban J connectivity index is 2.09. The van der Waals surface area contributed by atoms with Gasteiger partial charge in [0.25, 0.3) is 0 Å². The highest BCUT2D eigenvalue weighted by atomic mass is 15.1. The van der Waals surface area contributed by atoms with Gasteiger partial charge in [0.15, 0.2) is 0 Å². The fourth-order valence-corrected chi connectivity index (χ4v) is 2.15. The Hall–Kier alpha value is -0.300. The third-order valence-corrected chi connectivity index (χ3v) is 2.98. The minimum atomic E-state index is 0.865. The number of hydrogen-bond donors (Lipinski definition) is 0. The molecule has 1 rings (SSSR count). The molecule has 0 saturated carbocycles. The van der Waals surface area contributed by atoms with Crippen molar-refractivity contribution < 1.29 is 0 Å². The quantitative estimate of drug-likeness (QED) is 0.607. The summed E-state index contributed by atoms with van der Waals surface area (Å²) < 4.78 is 0. The lowest BCUT2D eigenvalue weighted by atomic mass is 10.0. The lowest BCUT2D eigenvalue weighted by Gasteiger charge is -2.19. The molecule has 1 aliphatic heterocycles. The Morgan fingerprint density at radius 3 is 2.50 bits per heavy atom. The second-order valence-corrected chi connectivity index (χ2v) is 4.97. The first-order chi connectivity index (χ1) is 6.68. The first-order valence-electron chi connectivity index (χ1n) is 6.04. The smallest absolute Gasteiger partial charge is 0.000713 e. The second-order valence-electron chi connectivity index (χ2n) is 4.97. The lowest BCUT2D eigenvalue weighted by molar-refractivity contribution is 0.281. The minimum absolute atomic E-state index is 0.865.